The maximum atomic E-state index is 12.3. The standard InChI is InChI=1S/C25H28ClN5O2S/c26-20-8-6-19(7-9-20)17-31-14-12-18(13-15-31)16-27-22(32)10-11-23-29-30-25(34-23)24(33)28-21-4-2-1-3-5-21/h1-9,18H,10-17H2,(H,27,32)(H,28,33). The summed E-state index contributed by atoms with van der Waals surface area (Å²) in [6.45, 7) is 3.70. The Balaban J connectivity index is 1.13. The third kappa shape index (κ3) is 7.35. The molecule has 0 unspecified atom stereocenters. The number of likely N-dealkylation sites (tertiary alicyclic amines) is 1. The van der Waals surface area contributed by atoms with Gasteiger partial charge < -0.3 is 10.6 Å². The Labute approximate surface area is 208 Å². The number of piperidine rings is 1. The van der Waals surface area contributed by atoms with Gasteiger partial charge in [-0.2, -0.15) is 0 Å². The van der Waals surface area contributed by atoms with Gasteiger partial charge in [-0.25, -0.2) is 0 Å². The van der Waals surface area contributed by atoms with Crippen molar-refractivity contribution in [3.8, 4) is 0 Å². The molecule has 4 rings (SSSR count). The Bertz CT molecular complexity index is 1080. The Hall–Kier alpha value is -2.81. The Morgan fingerprint density at radius 1 is 1.03 bits per heavy atom. The van der Waals surface area contributed by atoms with E-state index in [1.165, 1.54) is 16.9 Å². The van der Waals surface area contributed by atoms with E-state index < -0.39 is 0 Å². The summed E-state index contributed by atoms with van der Waals surface area (Å²) in [5.41, 5.74) is 1.98. The highest BCUT2D eigenvalue weighted by molar-refractivity contribution is 7.13. The summed E-state index contributed by atoms with van der Waals surface area (Å²) in [6, 6.07) is 17.2. The molecule has 0 aliphatic carbocycles. The highest BCUT2D eigenvalue weighted by Crippen LogP contribution is 2.20. The largest absolute Gasteiger partial charge is 0.356 e. The van der Waals surface area contributed by atoms with Crippen molar-refractivity contribution in [1.82, 2.24) is 20.4 Å². The number of hydrogen-bond donors (Lipinski definition) is 2. The van der Waals surface area contributed by atoms with Gasteiger partial charge in [-0.05, 0) is 61.7 Å². The summed E-state index contributed by atoms with van der Waals surface area (Å²) in [6.07, 6.45) is 2.96. The molecule has 1 aliphatic heterocycles. The van der Waals surface area contributed by atoms with Gasteiger partial charge in [0.2, 0.25) is 10.9 Å². The Morgan fingerprint density at radius 2 is 1.76 bits per heavy atom. The molecule has 7 nitrogen and oxygen atoms in total. The predicted molar refractivity (Wildman–Crippen MR) is 135 cm³/mol. The molecule has 2 aromatic carbocycles. The number of anilines is 1. The lowest BCUT2D eigenvalue weighted by Crippen LogP contribution is -2.38. The second-order valence-corrected chi connectivity index (χ2v) is 9.97. The minimum absolute atomic E-state index is 0.00841. The van der Waals surface area contributed by atoms with Gasteiger partial charge in [-0.3, -0.25) is 14.5 Å². The van der Waals surface area contributed by atoms with Gasteiger partial charge in [0, 0.05) is 36.6 Å². The molecule has 2 amide bonds. The number of aryl methyl sites for hydroxylation is 1. The number of carbonyl (C=O) groups is 2. The quantitative estimate of drug-likeness (QED) is 0.457. The molecule has 34 heavy (non-hydrogen) atoms. The van der Waals surface area contributed by atoms with Gasteiger partial charge in [0.15, 0.2) is 0 Å². The molecule has 1 fully saturated rings. The number of nitrogens with zero attached hydrogens (tertiary/aromatic N) is 3. The summed E-state index contributed by atoms with van der Waals surface area (Å²) < 4.78 is 0. The van der Waals surface area contributed by atoms with Gasteiger partial charge in [0.25, 0.3) is 5.91 Å². The van der Waals surface area contributed by atoms with E-state index in [9.17, 15) is 9.59 Å². The maximum Gasteiger partial charge on any atom is 0.286 e. The zero-order chi connectivity index (χ0) is 23.8. The van der Waals surface area contributed by atoms with Crippen LogP contribution in [0.2, 0.25) is 5.02 Å². The van der Waals surface area contributed by atoms with Crippen molar-refractivity contribution in [3.05, 3.63) is 75.2 Å². The third-order valence-corrected chi connectivity index (χ3v) is 7.11. The molecular weight excluding hydrogens is 470 g/mol. The van der Waals surface area contributed by atoms with Crippen LogP contribution in [0.4, 0.5) is 5.69 Å². The number of benzene rings is 2. The van der Waals surface area contributed by atoms with Crippen LogP contribution in [-0.2, 0) is 17.8 Å². The number of nitrogens with one attached hydrogen (secondary N) is 2. The van der Waals surface area contributed by atoms with Gasteiger partial charge in [-0.1, -0.05) is 53.3 Å². The van der Waals surface area contributed by atoms with Gasteiger partial charge >= 0.3 is 0 Å². The first-order chi connectivity index (χ1) is 16.5. The molecule has 2 N–H and O–H groups in total. The van der Waals surface area contributed by atoms with Crippen molar-refractivity contribution in [1.29, 1.82) is 0 Å². The fraction of sp³-hybridized carbons (Fsp3) is 0.360. The van der Waals surface area contributed by atoms with Crippen LogP contribution in [0.1, 0.15) is 39.6 Å². The van der Waals surface area contributed by atoms with E-state index in [1.807, 2.05) is 42.5 Å². The molecule has 9 heteroatoms. The van der Waals surface area contributed by atoms with E-state index in [4.69, 9.17) is 11.6 Å². The average Bonchev–Trinajstić information content (AvgIpc) is 3.34. The first kappa shape index (κ1) is 24.3. The molecule has 1 saturated heterocycles. The van der Waals surface area contributed by atoms with Crippen molar-refractivity contribution in [3.63, 3.8) is 0 Å². The van der Waals surface area contributed by atoms with Crippen molar-refractivity contribution >= 4 is 40.4 Å². The number of aromatic nitrogens is 2. The maximum absolute atomic E-state index is 12.3. The normalized spacial score (nSPS) is 14.6. The van der Waals surface area contributed by atoms with Crippen LogP contribution in [0.5, 0.6) is 0 Å². The molecule has 2 heterocycles. The van der Waals surface area contributed by atoms with Crippen molar-refractivity contribution in [2.45, 2.75) is 32.2 Å². The van der Waals surface area contributed by atoms with E-state index in [-0.39, 0.29) is 11.8 Å². The van der Waals surface area contributed by atoms with Crippen LogP contribution in [-0.4, -0.2) is 46.5 Å². The molecule has 3 aromatic rings. The molecule has 0 atom stereocenters. The zero-order valence-electron chi connectivity index (χ0n) is 18.9. The number of hydrogen-bond acceptors (Lipinski definition) is 6. The molecule has 1 aromatic heterocycles. The second kappa shape index (κ2) is 12.1. The second-order valence-electron chi connectivity index (χ2n) is 8.47. The molecular formula is C25H28ClN5O2S. The third-order valence-electron chi connectivity index (χ3n) is 5.87. The highest BCUT2D eigenvalue weighted by Gasteiger charge is 2.20. The topological polar surface area (TPSA) is 87.2 Å². The Morgan fingerprint density at radius 3 is 2.50 bits per heavy atom. The number of carbonyl (C=O) groups excluding carboxylic acids is 2. The number of halogens is 1. The van der Waals surface area contributed by atoms with Crippen LogP contribution < -0.4 is 10.6 Å². The predicted octanol–water partition coefficient (Wildman–Crippen LogP) is 4.40. The first-order valence-electron chi connectivity index (χ1n) is 11.5. The summed E-state index contributed by atoms with van der Waals surface area (Å²) in [5.74, 6) is 0.219. The van der Waals surface area contributed by atoms with Crippen LogP contribution in [0.25, 0.3) is 0 Å². The van der Waals surface area contributed by atoms with Crippen LogP contribution in [0.3, 0.4) is 0 Å². The minimum Gasteiger partial charge on any atom is -0.356 e. The Kier molecular flexibility index (Phi) is 8.62. The van der Waals surface area contributed by atoms with Crippen molar-refractivity contribution in [2.75, 3.05) is 25.0 Å². The van der Waals surface area contributed by atoms with Gasteiger partial charge in [0.05, 0.1) is 0 Å². The monoisotopic (exact) mass is 497 g/mol. The van der Waals surface area contributed by atoms with Gasteiger partial charge in [0.1, 0.15) is 5.01 Å². The molecule has 1 aliphatic rings. The van der Waals surface area contributed by atoms with E-state index in [2.05, 4.69) is 37.9 Å². The highest BCUT2D eigenvalue weighted by atomic mass is 35.5. The summed E-state index contributed by atoms with van der Waals surface area (Å²) in [7, 11) is 0. The van der Waals surface area contributed by atoms with Crippen LogP contribution in [0, 0.1) is 5.92 Å². The molecule has 0 spiro atoms. The number of amides is 2. The summed E-state index contributed by atoms with van der Waals surface area (Å²) >= 11 is 7.18. The minimum atomic E-state index is -0.290. The molecule has 0 saturated carbocycles. The van der Waals surface area contributed by atoms with Crippen molar-refractivity contribution < 1.29 is 9.59 Å². The summed E-state index contributed by atoms with van der Waals surface area (Å²) in [5, 5.41) is 15.6. The van der Waals surface area contributed by atoms with E-state index in [0.29, 0.717) is 41.0 Å². The SMILES string of the molecule is O=C(CCc1nnc(C(=O)Nc2ccccc2)s1)NCC1CCN(Cc2ccc(Cl)cc2)CC1. The zero-order valence-corrected chi connectivity index (χ0v) is 20.4. The molecule has 178 valence electrons. The van der Waals surface area contributed by atoms with Gasteiger partial charge in [-0.15, -0.1) is 10.2 Å². The van der Waals surface area contributed by atoms with Crippen LogP contribution >= 0.6 is 22.9 Å². The fourth-order valence-corrected chi connectivity index (χ4v) is 4.78. The lowest BCUT2D eigenvalue weighted by Gasteiger charge is -2.32. The molecule has 0 radical (unpaired) electrons. The average molecular weight is 498 g/mol. The van der Waals surface area contributed by atoms with E-state index in [0.717, 1.165) is 37.5 Å². The number of para-hydroxylation sites is 1. The fourth-order valence-electron chi connectivity index (χ4n) is 3.92. The van der Waals surface area contributed by atoms with E-state index >= 15 is 0 Å². The first-order valence-corrected chi connectivity index (χ1v) is 12.7. The lowest BCUT2D eigenvalue weighted by molar-refractivity contribution is -0.121. The lowest BCUT2D eigenvalue weighted by atomic mass is 9.96. The number of rotatable bonds is 9. The van der Waals surface area contributed by atoms with E-state index in [1.54, 1.807) is 0 Å². The molecule has 0 bridgehead atoms. The van der Waals surface area contributed by atoms with Crippen molar-refractivity contribution in [2.24, 2.45) is 5.92 Å². The smallest absolute Gasteiger partial charge is 0.286 e. The van der Waals surface area contributed by atoms with Crippen LogP contribution in [0.15, 0.2) is 54.6 Å². The summed E-state index contributed by atoms with van der Waals surface area (Å²) in [4.78, 5) is 27.1.